The molecule has 2 amide bonds. The molecule has 17 heavy (non-hydrogen) atoms. The highest BCUT2D eigenvalue weighted by molar-refractivity contribution is 5.90. The number of nitrogens with one attached hydrogen (secondary N) is 2. The van der Waals surface area contributed by atoms with Crippen molar-refractivity contribution in [2.24, 2.45) is 0 Å². The Morgan fingerprint density at radius 2 is 2.18 bits per heavy atom. The van der Waals surface area contributed by atoms with Gasteiger partial charge in [-0.2, -0.15) is 0 Å². The van der Waals surface area contributed by atoms with Gasteiger partial charge in [0.05, 0.1) is 6.10 Å². The summed E-state index contributed by atoms with van der Waals surface area (Å²) in [6.07, 6.45) is 1.54. The van der Waals surface area contributed by atoms with Crippen LogP contribution in [0, 0.1) is 0 Å². The number of urea groups is 1. The Balaban J connectivity index is 1.98. The summed E-state index contributed by atoms with van der Waals surface area (Å²) >= 11 is 0. The van der Waals surface area contributed by atoms with Crippen molar-refractivity contribution in [2.75, 3.05) is 5.32 Å². The Bertz CT molecular complexity index is 425. The van der Waals surface area contributed by atoms with E-state index < -0.39 is 6.10 Å². The number of aliphatic hydroxyl groups is 1. The van der Waals surface area contributed by atoms with Crippen molar-refractivity contribution in [2.45, 2.75) is 38.3 Å². The summed E-state index contributed by atoms with van der Waals surface area (Å²) in [4.78, 5) is 11.7. The standard InChI is InChI=1S/C13H18N2O2/c1-9(16)10-4-3-5-11(8-10)14-12(17)15-13(2)6-7-13/h3-5,8-9,16H,6-7H2,1-2H3,(H2,14,15,17). The van der Waals surface area contributed by atoms with Crippen LogP contribution in [0.1, 0.15) is 38.4 Å². The summed E-state index contributed by atoms with van der Waals surface area (Å²) in [6, 6.07) is 7.04. The van der Waals surface area contributed by atoms with Crippen LogP contribution in [-0.2, 0) is 0 Å². The summed E-state index contributed by atoms with van der Waals surface area (Å²) in [7, 11) is 0. The first-order chi connectivity index (χ1) is 7.98. The van der Waals surface area contributed by atoms with Crippen LogP contribution in [-0.4, -0.2) is 16.7 Å². The van der Waals surface area contributed by atoms with E-state index in [0.717, 1.165) is 18.4 Å². The Morgan fingerprint density at radius 3 is 2.76 bits per heavy atom. The Hall–Kier alpha value is -1.55. The zero-order valence-corrected chi connectivity index (χ0v) is 10.2. The average Bonchev–Trinajstić information content (AvgIpc) is 2.95. The minimum atomic E-state index is -0.527. The molecule has 2 rings (SSSR count). The third-order valence-electron chi connectivity index (χ3n) is 3.04. The van der Waals surface area contributed by atoms with E-state index in [2.05, 4.69) is 10.6 Å². The molecule has 0 saturated heterocycles. The van der Waals surface area contributed by atoms with Gasteiger partial charge in [0.25, 0.3) is 0 Å². The molecule has 0 heterocycles. The van der Waals surface area contributed by atoms with Gasteiger partial charge in [-0.15, -0.1) is 0 Å². The van der Waals surface area contributed by atoms with Gasteiger partial charge in [0, 0.05) is 11.2 Å². The fourth-order valence-electron chi connectivity index (χ4n) is 1.63. The first kappa shape index (κ1) is 11.9. The molecule has 1 aromatic carbocycles. The summed E-state index contributed by atoms with van der Waals surface area (Å²) in [5.41, 5.74) is 1.47. The minimum absolute atomic E-state index is 0.0219. The van der Waals surface area contributed by atoms with E-state index in [-0.39, 0.29) is 11.6 Å². The lowest BCUT2D eigenvalue weighted by Crippen LogP contribution is -2.37. The highest BCUT2D eigenvalue weighted by Crippen LogP contribution is 2.34. The number of amides is 2. The van der Waals surface area contributed by atoms with Crippen LogP contribution in [0.3, 0.4) is 0 Å². The second-order valence-electron chi connectivity index (χ2n) is 4.94. The summed E-state index contributed by atoms with van der Waals surface area (Å²) in [6.45, 7) is 3.73. The molecule has 1 aromatic rings. The van der Waals surface area contributed by atoms with Gasteiger partial charge >= 0.3 is 6.03 Å². The SMILES string of the molecule is CC(O)c1cccc(NC(=O)NC2(C)CC2)c1. The maximum atomic E-state index is 11.7. The molecule has 4 nitrogen and oxygen atoms in total. The fraction of sp³-hybridized carbons (Fsp3) is 0.462. The molecule has 0 bridgehead atoms. The van der Waals surface area contributed by atoms with E-state index in [1.165, 1.54) is 0 Å². The number of carbonyl (C=O) groups is 1. The van der Waals surface area contributed by atoms with Crippen molar-refractivity contribution >= 4 is 11.7 Å². The molecule has 92 valence electrons. The van der Waals surface area contributed by atoms with Crippen molar-refractivity contribution in [3.63, 3.8) is 0 Å². The molecule has 0 aromatic heterocycles. The third-order valence-corrected chi connectivity index (χ3v) is 3.04. The maximum Gasteiger partial charge on any atom is 0.319 e. The molecule has 0 spiro atoms. The minimum Gasteiger partial charge on any atom is -0.389 e. The highest BCUT2D eigenvalue weighted by Gasteiger charge is 2.38. The molecule has 1 aliphatic rings. The van der Waals surface area contributed by atoms with Crippen molar-refractivity contribution < 1.29 is 9.90 Å². The summed E-state index contributed by atoms with van der Waals surface area (Å²) < 4.78 is 0. The third kappa shape index (κ3) is 3.20. The highest BCUT2D eigenvalue weighted by atomic mass is 16.3. The lowest BCUT2D eigenvalue weighted by atomic mass is 10.1. The van der Waals surface area contributed by atoms with E-state index in [0.29, 0.717) is 5.69 Å². The second kappa shape index (κ2) is 4.37. The van der Waals surface area contributed by atoms with Crippen LogP contribution < -0.4 is 10.6 Å². The van der Waals surface area contributed by atoms with Crippen LogP contribution in [0.25, 0.3) is 0 Å². The summed E-state index contributed by atoms with van der Waals surface area (Å²) in [5.74, 6) is 0. The zero-order valence-electron chi connectivity index (χ0n) is 10.2. The van der Waals surface area contributed by atoms with Gasteiger partial charge in [-0.1, -0.05) is 12.1 Å². The van der Waals surface area contributed by atoms with Crippen molar-refractivity contribution in [1.29, 1.82) is 0 Å². The van der Waals surface area contributed by atoms with Crippen LogP contribution in [0.2, 0.25) is 0 Å². The van der Waals surface area contributed by atoms with Gasteiger partial charge in [0.1, 0.15) is 0 Å². The second-order valence-corrected chi connectivity index (χ2v) is 4.94. The van der Waals surface area contributed by atoms with Gasteiger partial charge in [-0.3, -0.25) is 0 Å². The molecular weight excluding hydrogens is 216 g/mol. The number of benzene rings is 1. The Morgan fingerprint density at radius 1 is 1.47 bits per heavy atom. The van der Waals surface area contributed by atoms with Gasteiger partial charge in [0.2, 0.25) is 0 Å². The maximum absolute atomic E-state index is 11.7. The van der Waals surface area contributed by atoms with Gasteiger partial charge in [-0.25, -0.2) is 4.79 Å². The number of hydrogen-bond donors (Lipinski definition) is 3. The van der Waals surface area contributed by atoms with Crippen LogP contribution in [0.5, 0.6) is 0 Å². The molecule has 4 heteroatoms. The van der Waals surface area contributed by atoms with E-state index in [1.807, 2.05) is 19.1 Å². The molecule has 1 unspecified atom stereocenters. The molecule has 1 aliphatic carbocycles. The monoisotopic (exact) mass is 234 g/mol. The lowest BCUT2D eigenvalue weighted by Gasteiger charge is -2.13. The van der Waals surface area contributed by atoms with E-state index in [9.17, 15) is 9.90 Å². The average molecular weight is 234 g/mol. The normalized spacial score (nSPS) is 18.3. The van der Waals surface area contributed by atoms with Gasteiger partial charge in [-0.05, 0) is 44.4 Å². The largest absolute Gasteiger partial charge is 0.389 e. The van der Waals surface area contributed by atoms with Crippen LogP contribution in [0.15, 0.2) is 24.3 Å². The van der Waals surface area contributed by atoms with E-state index in [1.54, 1.807) is 19.1 Å². The Labute approximate surface area is 101 Å². The Kier molecular flexibility index (Phi) is 3.07. The number of rotatable bonds is 3. The van der Waals surface area contributed by atoms with Gasteiger partial charge < -0.3 is 15.7 Å². The molecule has 1 saturated carbocycles. The van der Waals surface area contributed by atoms with Crippen LogP contribution >= 0.6 is 0 Å². The fourth-order valence-corrected chi connectivity index (χ4v) is 1.63. The van der Waals surface area contributed by atoms with Crippen molar-refractivity contribution in [1.82, 2.24) is 5.32 Å². The molecule has 0 radical (unpaired) electrons. The quantitative estimate of drug-likeness (QED) is 0.752. The predicted molar refractivity (Wildman–Crippen MR) is 66.9 cm³/mol. The molecule has 0 aliphatic heterocycles. The molecular formula is C13H18N2O2. The molecule has 1 fully saturated rings. The number of anilines is 1. The topological polar surface area (TPSA) is 61.4 Å². The van der Waals surface area contributed by atoms with Crippen LogP contribution in [0.4, 0.5) is 10.5 Å². The first-order valence-corrected chi connectivity index (χ1v) is 5.86. The number of aliphatic hydroxyl groups excluding tert-OH is 1. The van der Waals surface area contributed by atoms with Gasteiger partial charge in [0.15, 0.2) is 0 Å². The molecule has 3 N–H and O–H groups in total. The lowest BCUT2D eigenvalue weighted by molar-refractivity contribution is 0.199. The zero-order chi connectivity index (χ0) is 12.5. The number of carbonyl (C=O) groups excluding carboxylic acids is 1. The van der Waals surface area contributed by atoms with E-state index in [4.69, 9.17) is 0 Å². The first-order valence-electron chi connectivity index (χ1n) is 5.86. The number of hydrogen-bond acceptors (Lipinski definition) is 2. The van der Waals surface area contributed by atoms with E-state index >= 15 is 0 Å². The summed E-state index contributed by atoms with van der Waals surface area (Å²) in [5, 5.41) is 15.1. The van der Waals surface area contributed by atoms with Crippen molar-refractivity contribution in [3.8, 4) is 0 Å². The van der Waals surface area contributed by atoms with Crippen molar-refractivity contribution in [3.05, 3.63) is 29.8 Å². The molecule has 1 atom stereocenters. The predicted octanol–water partition coefficient (Wildman–Crippen LogP) is 2.41. The smallest absolute Gasteiger partial charge is 0.319 e.